The van der Waals surface area contributed by atoms with E-state index in [4.69, 9.17) is 0 Å². The van der Waals surface area contributed by atoms with Crippen molar-refractivity contribution in [2.45, 2.75) is 33.7 Å². The van der Waals surface area contributed by atoms with E-state index in [-0.39, 0.29) is 17.7 Å². The van der Waals surface area contributed by atoms with Crippen LogP contribution in [0.25, 0.3) is 0 Å². The highest BCUT2D eigenvalue weighted by molar-refractivity contribution is 5.96. The second-order valence-electron chi connectivity index (χ2n) is 7.48. The number of nitrogens with zero attached hydrogens (tertiary/aromatic N) is 2. The van der Waals surface area contributed by atoms with Gasteiger partial charge < -0.3 is 15.3 Å². The first kappa shape index (κ1) is 19.2. The lowest BCUT2D eigenvalue weighted by molar-refractivity contribution is -0.120. The standard InChI is InChI=1S/C22H29N3O2/c1-15-13-16(2)21(17(3)14-15)23-22(27)18(4)24-9-11-25(12-10-24)19-5-7-20(26)8-6-19/h5-8,13-14,18,26H,9-12H2,1-4H3,(H,23,27)/t18-/m0/s1. The molecule has 5 nitrogen and oxygen atoms in total. The number of piperazine rings is 1. The van der Waals surface area contributed by atoms with E-state index < -0.39 is 0 Å². The Labute approximate surface area is 161 Å². The molecule has 27 heavy (non-hydrogen) atoms. The predicted octanol–water partition coefficient (Wildman–Crippen LogP) is 3.47. The molecule has 0 aliphatic carbocycles. The SMILES string of the molecule is Cc1cc(C)c(NC(=O)[C@H](C)N2CCN(c3ccc(O)cc3)CC2)c(C)c1. The molecule has 3 rings (SSSR count). The minimum atomic E-state index is -0.174. The maximum atomic E-state index is 12.8. The quantitative estimate of drug-likeness (QED) is 0.869. The molecule has 0 bridgehead atoms. The second-order valence-corrected chi connectivity index (χ2v) is 7.48. The monoisotopic (exact) mass is 367 g/mol. The van der Waals surface area contributed by atoms with E-state index in [1.807, 2.05) is 32.9 Å². The van der Waals surface area contributed by atoms with Crippen LogP contribution >= 0.6 is 0 Å². The number of benzene rings is 2. The Morgan fingerprint density at radius 2 is 1.56 bits per heavy atom. The maximum Gasteiger partial charge on any atom is 0.241 e. The number of aryl methyl sites for hydroxylation is 3. The van der Waals surface area contributed by atoms with Crippen LogP contribution in [0, 0.1) is 20.8 Å². The maximum absolute atomic E-state index is 12.8. The number of amides is 1. The van der Waals surface area contributed by atoms with Gasteiger partial charge >= 0.3 is 0 Å². The highest BCUT2D eigenvalue weighted by Crippen LogP contribution is 2.23. The van der Waals surface area contributed by atoms with Crippen LogP contribution < -0.4 is 10.2 Å². The van der Waals surface area contributed by atoms with Crippen molar-refractivity contribution >= 4 is 17.3 Å². The van der Waals surface area contributed by atoms with Crippen LogP contribution in [0.4, 0.5) is 11.4 Å². The van der Waals surface area contributed by atoms with Gasteiger partial charge in [-0.25, -0.2) is 0 Å². The van der Waals surface area contributed by atoms with E-state index in [2.05, 4.69) is 34.2 Å². The van der Waals surface area contributed by atoms with Crippen LogP contribution in [0.3, 0.4) is 0 Å². The van der Waals surface area contributed by atoms with E-state index in [9.17, 15) is 9.90 Å². The molecule has 0 aromatic heterocycles. The summed E-state index contributed by atoms with van der Waals surface area (Å²) in [4.78, 5) is 17.3. The van der Waals surface area contributed by atoms with Gasteiger partial charge in [-0.15, -0.1) is 0 Å². The van der Waals surface area contributed by atoms with Crippen LogP contribution in [0.1, 0.15) is 23.6 Å². The van der Waals surface area contributed by atoms with Gasteiger partial charge in [0, 0.05) is 37.6 Å². The smallest absolute Gasteiger partial charge is 0.241 e. The molecule has 2 aromatic rings. The van der Waals surface area contributed by atoms with Crippen molar-refractivity contribution in [3.63, 3.8) is 0 Å². The lowest BCUT2D eigenvalue weighted by Crippen LogP contribution is -2.52. The zero-order chi connectivity index (χ0) is 19.6. The molecule has 0 saturated carbocycles. The summed E-state index contributed by atoms with van der Waals surface area (Å²) in [5, 5.41) is 12.6. The van der Waals surface area contributed by atoms with Crippen LogP contribution in [0.15, 0.2) is 36.4 Å². The van der Waals surface area contributed by atoms with Gasteiger partial charge in [0.1, 0.15) is 5.75 Å². The van der Waals surface area contributed by atoms with Gasteiger partial charge in [-0.3, -0.25) is 9.69 Å². The van der Waals surface area contributed by atoms with E-state index in [1.54, 1.807) is 12.1 Å². The first-order valence-corrected chi connectivity index (χ1v) is 9.52. The number of rotatable bonds is 4. The average molecular weight is 367 g/mol. The van der Waals surface area contributed by atoms with Crippen LogP contribution in [0.2, 0.25) is 0 Å². The first-order chi connectivity index (χ1) is 12.8. The average Bonchev–Trinajstić information content (AvgIpc) is 2.64. The van der Waals surface area contributed by atoms with Crippen molar-refractivity contribution in [1.82, 2.24) is 4.90 Å². The molecule has 1 aliphatic heterocycles. The highest BCUT2D eigenvalue weighted by Gasteiger charge is 2.26. The fourth-order valence-corrected chi connectivity index (χ4v) is 3.80. The fraction of sp³-hybridized carbons (Fsp3) is 0.409. The van der Waals surface area contributed by atoms with Crippen LogP contribution in [-0.2, 0) is 4.79 Å². The van der Waals surface area contributed by atoms with Gasteiger partial charge in [-0.1, -0.05) is 17.7 Å². The normalized spacial score (nSPS) is 16.2. The summed E-state index contributed by atoms with van der Waals surface area (Å²) in [5.41, 5.74) is 5.45. The molecular formula is C22H29N3O2. The number of phenolic OH excluding ortho intramolecular Hbond substituents is 1. The van der Waals surface area contributed by atoms with Crippen molar-refractivity contribution in [2.75, 3.05) is 36.4 Å². The number of phenols is 1. The third-order valence-corrected chi connectivity index (χ3v) is 5.38. The molecule has 2 aromatic carbocycles. The molecule has 2 N–H and O–H groups in total. The minimum absolute atomic E-state index is 0.0446. The predicted molar refractivity (Wildman–Crippen MR) is 111 cm³/mol. The Morgan fingerprint density at radius 3 is 2.11 bits per heavy atom. The third kappa shape index (κ3) is 4.42. The lowest BCUT2D eigenvalue weighted by Gasteiger charge is -2.38. The summed E-state index contributed by atoms with van der Waals surface area (Å²) in [6.45, 7) is 11.5. The number of aromatic hydroxyl groups is 1. The number of hydrogen-bond acceptors (Lipinski definition) is 4. The van der Waals surface area contributed by atoms with Crippen molar-refractivity contribution in [3.05, 3.63) is 53.1 Å². The highest BCUT2D eigenvalue weighted by atomic mass is 16.3. The van der Waals surface area contributed by atoms with Crippen molar-refractivity contribution in [3.8, 4) is 5.75 Å². The summed E-state index contributed by atoms with van der Waals surface area (Å²) >= 11 is 0. The molecule has 1 atom stereocenters. The molecule has 5 heteroatoms. The summed E-state index contributed by atoms with van der Waals surface area (Å²) < 4.78 is 0. The van der Waals surface area contributed by atoms with E-state index >= 15 is 0 Å². The zero-order valence-electron chi connectivity index (χ0n) is 16.6. The van der Waals surface area contributed by atoms with Gasteiger partial charge in [-0.05, 0) is 63.1 Å². The van der Waals surface area contributed by atoms with E-state index in [0.29, 0.717) is 0 Å². The number of carbonyl (C=O) groups is 1. The van der Waals surface area contributed by atoms with Gasteiger partial charge in [0.05, 0.1) is 6.04 Å². The van der Waals surface area contributed by atoms with Gasteiger partial charge in [0.15, 0.2) is 0 Å². The third-order valence-electron chi connectivity index (χ3n) is 5.38. The molecule has 1 aliphatic rings. The molecule has 1 fully saturated rings. The Bertz CT molecular complexity index is 786. The lowest BCUT2D eigenvalue weighted by atomic mass is 10.0. The summed E-state index contributed by atoms with van der Waals surface area (Å²) in [6, 6.07) is 11.3. The number of anilines is 2. The first-order valence-electron chi connectivity index (χ1n) is 9.52. The number of nitrogens with one attached hydrogen (secondary N) is 1. The van der Waals surface area contributed by atoms with Crippen LogP contribution in [0.5, 0.6) is 5.75 Å². The Balaban J connectivity index is 1.59. The Kier molecular flexibility index (Phi) is 5.71. The Hall–Kier alpha value is -2.53. The van der Waals surface area contributed by atoms with Gasteiger partial charge in [0.2, 0.25) is 5.91 Å². The largest absolute Gasteiger partial charge is 0.508 e. The van der Waals surface area contributed by atoms with Gasteiger partial charge in [-0.2, -0.15) is 0 Å². The number of hydrogen-bond donors (Lipinski definition) is 2. The fourth-order valence-electron chi connectivity index (χ4n) is 3.80. The summed E-state index contributed by atoms with van der Waals surface area (Å²) in [5.74, 6) is 0.326. The topological polar surface area (TPSA) is 55.8 Å². The van der Waals surface area contributed by atoms with Crippen molar-refractivity contribution in [2.24, 2.45) is 0 Å². The Morgan fingerprint density at radius 1 is 1.00 bits per heavy atom. The van der Waals surface area contributed by atoms with E-state index in [0.717, 1.165) is 48.7 Å². The molecule has 1 saturated heterocycles. The van der Waals surface area contributed by atoms with Crippen molar-refractivity contribution < 1.29 is 9.90 Å². The molecule has 1 amide bonds. The molecule has 1 heterocycles. The minimum Gasteiger partial charge on any atom is -0.508 e. The molecule has 0 radical (unpaired) electrons. The second kappa shape index (κ2) is 8.01. The van der Waals surface area contributed by atoms with Crippen LogP contribution in [-0.4, -0.2) is 48.1 Å². The molecule has 0 unspecified atom stereocenters. The van der Waals surface area contributed by atoms with E-state index in [1.165, 1.54) is 5.56 Å². The van der Waals surface area contributed by atoms with Gasteiger partial charge in [0.25, 0.3) is 0 Å². The molecule has 0 spiro atoms. The molecule has 144 valence electrons. The summed E-state index contributed by atoms with van der Waals surface area (Å²) in [6.07, 6.45) is 0. The molecular weight excluding hydrogens is 338 g/mol. The number of carbonyl (C=O) groups excluding carboxylic acids is 1. The van der Waals surface area contributed by atoms with Crippen molar-refractivity contribution in [1.29, 1.82) is 0 Å². The zero-order valence-corrected chi connectivity index (χ0v) is 16.6. The summed E-state index contributed by atoms with van der Waals surface area (Å²) in [7, 11) is 0.